The maximum Gasteiger partial charge on any atom is 0.255 e. The number of rotatable bonds is 9. The molecule has 0 radical (unpaired) electrons. The van der Waals surface area contributed by atoms with E-state index in [1.54, 1.807) is 24.3 Å². The van der Waals surface area contributed by atoms with E-state index in [9.17, 15) is 9.59 Å². The molecular formula is C28H30ClN3O2. The second-order valence-corrected chi connectivity index (χ2v) is 8.34. The van der Waals surface area contributed by atoms with Gasteiger partial charge in [-0.3, -0.25) is 9.59 Å². The van der Waals surface area contributed by atoms with Crippen LogP contribution in [0.15, 0.2) is 78.5 Å². The van der Waals surface area contributed by atoms with Crippen molar-refractivity contribution in [3.63, 3.8) is 0 Å². The van der Waals surface area contributed by atoms with Gasteiger partial charge in [0.1, 0.15) is 0 Å². The number of carbonyl (C=O) groups excluding carboxylic acids is 2. The van der Waals surface area contributed by atoms with Crippen molar-refractivity contribution >= 4 is 36.0 Å². The molecule has 0 aromatic heterocycles. The van der Waals surface area contributed by atoms with Gasteiger partial charge in [0.15, 0.2) is 0 Å². The molecule has 0 fully saturated rings. The molecule has 3 aromatic carbocycles. The molecule has 2 amide bonds. The zero-order valence-corrected chi connectivity index (χ0v) is 20.1. The highest BCUT2D eigenvalue weighted by Crippen LogP contribution is 2.27. The van der Waals surface area contributed by atoms with E-state index in [0.29, 0.717) is 11.1 Å². The van der Waals surface area contributed by atoms with E-state index in [-0.39, 0.29) is 18.3 Å². The monoisotopic (exact) mass is 475 g/mol. The number of amides is 2. The van der Waals surface area contributed by atoms with Gasteiger partial charge in [0.2, 0.25) is 5.91 Å². The first-order valence-corrected chi connectivity index (χ1v) is 11.4. The summed E-state index contributed by atoms with van der Waals surface area (Å²) in [7, 11) is 0. The fourth-order valence-corrected chi connectivity index (χ4v) is 4.19. The van der Waals surface area contributed by atoms with Crippen molar-refractivity contribution in [1.29, 1.82) is 0 Å². The molecule has 5 nitrogen and oxygen atoms in total. The third-order valence-electron chi connectivity index (χ3n) is 5.94. The molecule has 34 heavy (non-hydrogen) atoms. The van der Waals surface area contributed by atoms with Crippen molar-refractivity contribution in [3.8, 4) is 0 Å². The molecular weight excluding hydrogens is 446 g/mol. The quantitative estimate of drug-likeness (QED) is 0.440. The van der Waals surface area contributed by atoms with Crippen LogP contribution in [0.1, 0.15) is 50.8 Å². The topological polar surface area (TPSA) is 75.4 Å². The molecule has 3 N–H and O–H groups in total. The van der Waals surface area contributed by atoms with Crippen LogP contribution >= 0.6 is 12.4 Å². The zero-order chi connectivity index (χ0) is 23.2. The Labute approximate surface area is 207 Å². The van der Waals surface area contributed by atoms with Crippen molar-refractivity contribution in [2.75, 3.05) is 18.4 Å². The number of nitrogens with two attached hydrogens (primary N) is 1. The number of nitrogens with zero attached hydrogens (tertiary/aromatic N) is 1. The van der Waals surface area contributed by atoms with Crippen LogP contribution < -0.4 is 11.1 Å². The van der Waals surface area contributed by atoms with E-state index in [0.717, 1.165) is 38.0 Å². The smallest absolute Gasteiger partial charge is 0.255 e. The maximum atomic E-state index is 12.6. The second-order valence-electron chi connectivity index (χ2n) is 8.34. The number of nitrogens with one attached hydrogen (secondary N) is 1. The summed E-state index contributed by atoms with van der Waals surface area (Å²) in [5.41, 5.74) is 12.1. The highest BCUT2D eigenvalue weighted by atomic mass is 35.5. The highest BCUT2D eigenvalue weighted by Gasteiger charge is 2.17. The van der Waals surface area contributed by atoms with Gasteiger partial charge in [0.05, 0.1) is 0 Å². The number of fused-ring (bicyclic) bond motifs is 1. The van der Waals surface area contributed by atoms with Gasteiger partial charge in [-0.15, -0.1) is 12.4 Å². The molecule has 176 valence electrons. The van der Waals surface area contributed by atoms with Gasteiger partial charge in [-0.1, -0.05) is 43.3 Å². The molecule has 0 bridgehead atoms. The van der Waals surface area contributed by atoms with E-state index in [2.05, 4.69) is 53.5 Å². The number of anilines is 1. The molecule has 0 saturated heterocycles. The lowest BCUT2D eigenvalue weighted by molar-refractivity contribution is 0.0995. The fourth-order valence-electron chi connectivity index (χ4n) is 4.19. The standard InChI is InChI=1S/C28H29N3O2.ClH/c1-2-15-31(26-18-23-7-3-4-8-24(23)19-26)16-14-20-6-5-9-25(17-20)30-28(33)22-12-10-21(11-13-22)27(29)32;/h3-13,17-18H,2,14-16,19H2,1H3,(H2,29,32)(H,30,33);1H. The Morgan fingerprint density at radius 3 is 2.38 bits per heavy atom. The lowest BCUT2D eigenvalue weighted by Gasteiger charge is -2.26. The molecule has 6 heteroatoms. The first kappa shape index (κ1) is 25.1. The number of carbonyl (C=O) groups is 2. The largest absolute Gasteiger partial charge is 0.374 e. The van der Waals surface area contributed by atoms with Gasteiger partial charge in [-0.05, 0) is 72.0 Å². The van der Waals surface area contributed by atoms with Crippen LogP contribution in [0.4, 0.5) is 5.69 Å². The lowest BCUT2D eigenvalue weighted by atomic mass is 10.1. The van der Waals surface area contributed by atoms with E-state index < -0.39 is 5.91 Å². The summed E-state index contributed by atoms with van der Waals surface area (Å²) in [6, 6.07) is 22.9. The summed E-state index contributed by atoms with van der Waals surface area (Å²) < 4.78 is 0. The summed E-state index contributed by atoms with van der Waals surface area (Å²) in [6.45, 7) is 4.17. The van der Waals surface area contributed by atoms with E-state index >= 15 is 0 Å². The van der Waals surface area contributed by atoms with Crippen molar-refractivity contribution in [1.82, 2.24) is 4.90 Å². The summed E-state index contributed by atoms with van der Waals surface area (Å²) in [5.74, 6) is -0.728. The Bertz CT molecular complexity index is 1190. The Morgan fingerprint density at radius 1 is 0.941 bits per heavy atom. The average Bonchev–Trinajstić information content (AvgIpc) is 3.26. The minimum atomic E-state index is -0.510. The number of benzene rings is 3. The van der Waals surface area contributed by atoms with E-state index in [1.165, 1.54) is 22.4 Å². The van der Waals surface area contributed by atoms with Gasteiger partial charge in [0.25, 0.3) is 5.91 Å². The van der Waals surface area contributed by atoms with Gasteiger partial charge in [0, 0.05) is 42.0 Å². The molecule has 1 aliphatic rings. The number of hydrogen-bond acceptors (Lipinski definition) is 3. The Balaban J connectivity index is 0.00000324. The molecule has 0 saturated carbocycles. The molecule has 0 aliphatic heterocycles. The molecule has 0 heterocycles. The molecule has 0 spiro atoms. The van der Waals surface area contributed by atoms with Crippen molar-refractivity contribution in [2.24, 2.45) is 5.73 Å². The van der Waals surface area contributed by atoms with Gasteiger partial charge >= 0.3 is 0 Å². The molecule has 0 atom stereocenters. The van der Waals surface area contributed by atoms with Crippen LogP contribution in [-0.2, 0) is 12.8 Å². The summed E-state index contributed by atoms with van der Waals surface area (Å²) in [6.07, 6.45) is 5.29. The number of halogens is 1. The fraction of sp³-hybridized carbons (Fsp3) is 0.214. The van der Waals surface area contributed by atoms with Crippen molar-refractivity contribution in [2.45, 2.75) is 26.2 Å². The maximum absolute atomic E-state index is 12.6. The van der Waals surface area contributed by atoms with Crippen LogP contribution in [-0.4, -0.2) is 29.8 Å². The van der Waals surface area contributed by atoms with Crippen LogP contribution in [0.2, 0.25) is 0 Å². The predicted molar refractivity (Wildman–Crippen MR) is 140 cm³/mol. The van der Waals surface area contributed by atoms with Crippen molar-refractivity contribution in [3.05, 3.63) is 106 Å². The zero-order valence-electron chi connectivity index (χ0n) is 19.3. The predicted octanol–water partition coefficient (Wildman–Crippen LogP) is 5.31. The number of primary amides is 1. The Morgan fingerprint density at radius 2 is 1.68 bits per heavy atom. The van der Waals surface area contributed by atoms with Crippen LogP contribution in [0.5, 0.6) is 0 Å². The molecule has 1 aliphatic carbocycles. The lowest BCUT2D eigenvalue weighted by Crippen LogP contribution is -2.26. The highest BCUT2D eigenvalue weighted by molar-refractivity contribution is 6.05. The Hall–Kier alpha value is -3.57. The van der Waals surface area contributed by atoms with Crippen LogP contribution in [0.3, 0.4) is 0 Å². The first-order chi connectivity index (χ1) is 16.0. The number of hydrogen-bond donors (Lipinski definition) is 2. The first-order valence-electron chi connectivity index (χ1n) is 11.4. The van der Waals surface area contributed by atoms with Crippen LogP contribution in [0.25, 0.3) is 6.08 Å². The third-order valence-corrected chi connectivity index (χ3v) is 5.94. The van der Waals surface area contributed by atoms with Gasteiger partial charge in [-0.25, -0.2) is 0 Å². The second kappa shape index (κ2) is 11.5. The van der Waals surface area contributed by atoms with E-state index in [1.807, 2.05) is 18.2 Å². The summed E-state index contributed by atoms with van der Waals surface area (Å²) in [4.78, 5) is 26.3. The minimum Gasteiger partial charge on any atom is -0.374 e. The number of allylic oxidation sites excluding steroid dienone is 1. The van der Waals surface area contributed by atoms with E-state index in [4.69, 9.17) is 5.73 Å². The molecule has 0 unspecified atom stereocenters. The Kier molecular flexibility index (Phi) is 8.50. The summed E-state index contributed by atoms with van der Waals surface area (Å²) in [5, 5.41) is 2.95. The SMILES string of the molecule is CCCN(CCc1cccc(NC(=O)c2ccc(C(N)=O)cc2)c1)C1=Cc2ccccc2C1.Cl. The summed E-state index contributed by atoms with van der Waals surface area (Å²) >= 11 is 0. The third kappa shape index (κ3) is 6.06. The van der Waals surface area contributed by atoms with Gasteiger partial charge in [-0.2, -0.15) is 0 Å². The molecule has 3 aromatic rings. The average molecular weight is 476 g/mol. The van der Waals surface area contributed by atoms with Crippen LogP contribution in [0, 0.1) is 0 Å². The normalized spacial score (nSPS) is 11.7. The van der Waals surface area contributed by atoms with Gasteiger partial charge < -0.3 is 16.0 Å². The van der Waals surface area contributed by atoms with Crippen molar-refractivity contribution < 1.29 is 9.59 Å². The molecule has 4 rings (SSSR count). The minimum absolute atomic E-state index is 0.